The molecule has 0 N–H and O–H groups in total. The monoisotopic (exact) mass is 228 g/mol. The zero-order valence-corrected chi connectivity index (χ0v) is 9.69. The van der Waals surface area contributed by atoms with E-state index in [1.165, 1.54) is 16.9 Å². The first-order valence-electron chi connectivity index (χ1n) is 5.99. The van der Waals surface area contributed by atoms with Crippen molar-refractivity contribution in [2.45, 2.75) is 6.42 Å². The molecule has 4 unspecified atom stereocenters. The predicted molar refractivity (Wildman–Crippen MR) is 67.3 cm³/mol. The third-order valence-electron chi connectivity index (χ3n) is 4.40. The summed E-state index contributed by atoms with van der Waals surface area (Å²) in [6.45, 7) is 0. The second-order valence-electron chi connectivity index (χ2n) is 5.18. The molecule has 0 saturated heterocycles. The van der Waals surface area contributed by atoms with Crippen LogP contribution in [-0.4, -0.2) is 0 Å². The van der Waals surface area contributed by atoms with E-state index >= 15 is 0 Å². The van der Waals surface area contributed by atoms with Gasteiger partial charge in [0.15, 0.2) is 0 Å². The highest BCUT2D eigenvalue weighted by atomic mass is 35.5. The van der Waals surface area contributed by atoms with Crippen molar-refractivity contribution in [3.63, 3.8) is 0 Å². The topological polar surface area (TPSA) is 0 Å². The molecule has 1 fully saturated rings. The molecule has 4 rings (SSSR count). The van der Waals surface area contributed by atoms with Crippen LogP contribution in [0.5, 0.6) is 0 Å². The molecule has 0 aromatic heterocycles. The van der Waals surface area contributed by atoms with Crippen molar-refractivity contribution in [2.24, 2.45) is 23.7 Å². The van der Waals surface area contributed by atoms with Crippen molar-refractivity contribution < 1.29 is 0 Å². The molecule has 1 aromatic carbocycles. The first-order valence-corrected chi connectivity index (χ1v) is 6.37. The summed E-state index contributed by atoms with van der Waals surface area (Å²) in [6, 6.07) is 6.23. The number of benzene rings is 1. The van der Waals surface area contributed by atoms with Gasteiger partial charge in [-0.2, -0.15) is 0 Å². The van der Waals surface area contributed by atoms with E-state index in [0.29, 0.717) is 5.92 Å². The molecule has 0 spiro atoms. The Kier molecular flexibility index (Phi) is 1.71. The van der Waals surface area contributed by atoms with Gasteiger partial charge in [-0.05, 0) is 46.6 Å². The van der Waals surface area contributed by atoms with Gasteiger partial charge in [-0.3, -0.25) is 0 Å². The Bertz CT molecular complexity index is 596. The molecule has 0 radical (unpaired) electrons. The standard InChI is InChI=1S/C15H13Cl/c16-15-3-1-2-9-7-12-10-4-5-11(6-10)13(12)8-14(9)15/h1-5,7-8,10-13H,6H2. The average molecular weight is 229 g/mol. The Morgan fingerprint density at radius 2 is 1.75 bits per heavy atom. The van der Waals surface area contributed by atoms with Gasteiger partial charge in [-0.15, -0.1) is 0 Å². The Labute approximate surface area is 99.9 Å². The van der Waals surface area contributed by atoms with E-state index in [9.17, 15) is 0 Å². The van der Waals surface area contributed by atoms with Crippen LogP contribution in [0.1, 0.15) is 6.42 Å². The SMILES string of the molecule is Clc1cccc2c1=CC1C3C=CC(C3)C1C=2. The second-order valence-corrected chi connectivity index (χ2v) is 5.59. The third-order valence-corrected chi connectivity index (χ3v) is 4.73. The fourth-order valence-electron chi connectivity index (χ4n) is 3.64. The van der Waals surface area contributed by atoms with E-state index in [1.807, 2.05) is 6.07 Å². The fourth-order valence-corrected chi connectivity index (χ4v) is 3.89. The average Bonchev–Trinajstić information content (AvgIpc) is 2.88. The summed E-state index contributed by atoms with van der Waals surface area (Å²) in [5.74, 6) is 2.96. The van der Waals surface area contributed by atoms with Crippen molar-refractivity contribution in [3.05, 3.63) is 45.8 Å². The van der Waals surface area contributed by atoms with Crippen LogP contribution in [0.4, 0.5) is 0 Å². The van der Waals surface area contributed by atoms with Gasteiger partial charge in [0.05, 0.1) is 0 Å². The van der Waals surface area contributed by atoms with Gasteiger partial charge in [0.25, 0.3) is 0 Å². The molecule has 80 valence electrons. The summed E-state index contributed by atoms with van der Waals surface area (Å²) < 4.78 is 0. The molecule has 1 heteroatoms. The smallest absolute Gasteiger partial charge is 0.0481 e. The van der Waals surface area contributed by atoms with Crippen LogP contribution in [0, 0.1) is 23.7 Å². The number of allylic oxidation sites excluding steroid dienone is 2. The molecule has 1 aromatic rings. The number of hydrogen-bond donors (Lipinski definition) is 0. The lowest BCUT2D eigenvalue weighted by atomic mass is 9.79. The van der Waals surface area contributed by atoms with E-state index in [1.54, 1.807) is 0 Å². The van der Waals surface area contributed by atoms with Crippen LogP contribution >= 0.6 is 11.6 Å². The maximum atomic E-state index is 6.27. The van der Waals surface area contributed by atoms with Crippen molar-refractivity contribution in [1.82, 2.24) is 0 Å². The lowest BCUT2D eigenvalue weighted by Crippen LogP contribution is -2.34. The maximum absolute atomic E-state index is 6.27. The molecule has 0 nitrogen and oxygen atoms in total. The van der Waals surface area contributed by atoms with E-state index in [4.69, 9.17) is 11.6 Å². The van der Waals surface area contributed by atoms with Gasteiger partial charge in [-0.1, -0.05) is 48.0 Å². The molecule has 3 aliphatic rings. The van der Waals surface area contributed by atoms with Crippen LogP contribution < -0.4 is 10.4 Å². The summed E-state index contributed by atoms with van der Waals surface area (Å²) in [7, 11) is 0. The van der Waals surface area contributed by atoms with Gasteiger partial charge in [0.2, 0.25) is 0 Å². The number of fused-ring (bicyclic) bond motifs is 6. The second kappa shape index (κ2) is 3.01. The van der Waals surface area contributed by atoms with Crippen molar-refractivity contribution in [3.8, 4) is 0 Å². The van der Waals surface area contributed by atoms with Crippen molar-refractivity contribution >= 4 is 23.8 Å². The molecule has 16 heavy (non-hydrogen) atoms. The first-order chi connectivity index (χ1) is 7.83. The molecule has 0 amide bonds. The van der Waals surface area contributed by atoms with Gasteiger partial charge < -0.3 is 0 Å². The molecule has 4 atom stereocenters. The van der Waals surface area contributed by atoms with E-state index in [0.717, 1.165) is 22.8 Å². The van der Waals surface area contributed by atoms with E-state index < -0.39 is 0 Å². The summed E-state index contributed by atoms with van der Waals surface area (Å²) >= 11 is 6.27. The van der Waals surface area contributed by atoms with Gasteiger partial charge in [-0.25, -0.2) is 0 Å². The van der Waals surface area contributed by atoms with Crippen LogP contribution in [0.15, 0.2) is 30.4 Å². The van der Waals surface area contributed by atoms with Gasteiger partial charge >= 0.3 is 0 Å². The van der Waals surface area contributed by atoms with E-state index in [2.05, 4.69) is 36.4 Å². The maximum Gasteiger partial charge on any atom is 0.0481 e. The minimum Gasteiger partial charge on any atom is -0.0845 e. The summed E-state index contributed by atoms with van der Waals surface area (Å²) in [5, 5.41) is 3.49. The van der Waals surface area contributed by atoms with Crippen LogP contribution in [0.2, 0.25) is 5.02 Å². The van der Waals surface area contributed by atoms with Crippen molar-refractivity contribution in [1.29, 1.82) is 0 Å². The van der Waals surface area contributed by atoms with Crippen molar-refractivity contribution in [2.75, 3.05) is 0 Å². The number of rotatable bonds is 0. The van der Waals surface area contributed by atoms with Crippen LogP contribution in [0.25, 0.3) is 12.2 Å². The Hall–Kier alpha value is -1.01. The Balaban J connectivity index is 2.00. The van der Waals surface area contributed by atoms with Gasteiger partial charge in [0, 0.05) is 5.02 Å². The number of hydrogen-bond acceptors (Lipinski definition) is 0. The summed E-state index contributed by atoms with van der Waals surface area (Å²) in [5.41, 5.74) is 0. The molecule has 2 bridgehead atoms. The number of halogens is 1. The summed E-state index contributed by atoms with van der Waals surface area (Å²) in [6.07, 6.45) is 11.0. The minimum absolute atomic E-state index is 0.697. The highest BCUT2D eigenvalue weighted by molar-refractivity contribution is 6.30. The molecular weight excluding hydrogens is 216 g/mol. The molecule has 1 saturated carbocycles. The summed E-state index contributed by atoms with van der Waals surface area (Å²) in [4.78, 5) is 0. The fraction of sp³-hybridized carbons (Fsp3) is 0.333. The molecule has 3 aliphatic carbocycles. The molecule has 0 aliphatic heterocycles. The van der Waals surface area contributed by atoms with E-state index in [-0.39, 0.29) is 0 Å². The van der Waals surface area contributed by atoms with Gasteiger partial charge in [0.1, 0.15) is 0 Å². The Morgan fingerprint density at radius 1 is 1.00 bits per heavy atom. The zero-order chi connectivity index (χ0) is 10.7. The Morgan fingerprint density at radius 3 is 2.56 bits per heavy atom. The predicted octanol–water partition coefficient (Wildman–Crippen LogP) is 2.35. The normalized spacial score (nSPS) is 37.6. The minimum atomic E-state index is 0.697. The van der Waals surface area contributed by atoms with Crippen LogP contribution in [-0.2, 0) is 0 Å². The highest BCUT2D eigenvalue weighted by Crippen LogP contribution is 2.49. The largest absolute Gasteiger partial charge is 0.0845 e. The highest BCUT2D eigenvalue weighted by Gasteiger charge is 2.42. The first kappa shape index (κ1) is 9.07. The lowest BCUT2D eigenvalue weighted by Gasteiger charge is -2.25. The van der Waals surface area contributed by atoms with Crippen LogP contribution in [0.3, 0.4) is 0 Å². The zero-order valence-electron chi connectivity index (χ0n) is 8.94. The third kappa shape index (κ3) is 1.06. The lowest BCUT2D eigenvalue weighted by molar-refractivity contribution is 0.488. The molecular formula is C15H13Cl. The quantitative estimate of drug-likeness (QED) is 0.598. The molecule has 0 heterocycles.